The monoisotopic (exact) mass is 319 g/mol. The fraction of sp³-hybridized carbons (Fsp3) is 0.600. The Balaban J connectivity index is 1.69. The molecular formula is C15H21N5O3. The van der Waals surface area contributed by atoms with E-state index in [-0.39, 0.29) is 18.4 Å². The van der Waals surface area contributed by atoms with Gasteiger partial charge in [0.15, 0.2) is 0 Å². The number of carbonyl (C=O) groups excluding carboxylic acids is 3. The number of nitrogens with one attached hydrogen (secondary N) is 2. The molecule has 124 valence electrons. The minimum atomic E-state index is -0.829. The highest BCUT2D eigenvalue weighted by Gasteiger charge is 2.55. The number of urea groups is 1. The maximum Gasteiger partial charge on any atom is 0.325 e. The highest BCUT2D eigenvalue weighted by molar-refractivity contribution is 6.10. The predicted molar refractivity (Wildman–Crippen MR) is 82.4 cm³/mol. The number of aromatic nitrogens is 2. The van der Waals surface area contributed by atoms with E-state index in [1.165, 1.54) is 6.20 Å². The Kier molecular flexibility index (Phi) is 3.83. The molecule has 0 bridgehead atoms. The van der Waals surface area contributed by atoms with Crippen LogP contribution in [0.5, 0.6) is 0 Å². The minimum absolute atomic E-state index is 0.0825. The first kappa shape index (κ1) is 15.5. The van der Waals surface area contributed by atoms with Crippen molar-refractivity contribution in [2.45, 2.75) is 38.1 Å². The van der Waals surface area contributed by atoms with Crippen molar-refractivity contribution in [2.24, 2.45) is 13.0 Å². The van der Waals surface area contributed by atoms with Crippen LogP contribution in [0.4, 0.5) is 10.5 Å². The summed E-state index contributed by atoms with van der Waals surface area (Å²) < 4.78 is 1.56. The first-order valence-electron chi connectivity index (χ1n) is 7.85. The van der Waals surface area contributed by atoms with Crippen LogP contribution in [-0.2, 0) is 16.6 Å². The molecule has 4 amide bonds. The predicted octanol–water partition coefficient (Wildman–Crippen LogP) is 0.859. The van der Waals surface area contributed by atoms with E-state index >= 15 is 0 Å². The Labute approximate surface area is 134 Å². The van der Waals surface area contributed by atoms with Gasteiger partial charge in [-0.05, 0) is 18.8 Å². The number of imide groups is 1. The average molecular weight is 319 g/mol. The van der Waals surface area contributed by atoms with Gasteiger partial charge in [-0.15, -0.1) is 0 Å². The summed E-state index contributed by atoms with van der Waals surface area (Å²) in [5.41, 5.74) is -0.297. The zero-order valence-corrected chi connectivity index (χ0v) is 13.3. The molecule has 1 aliphatic heterocycles. The molecule has 2 N–H and O–H groups in total. The van der Waals surface area contributed by atoms with Crippen LogP contribution in [0.1, 0.15) is 32.6 Å². The largest absolute Gasteiger partial charge is 0.325 e. The second-order valence-electron chi connectivity index (χ2n) is 6.39. The third-order valence-electron chi connectivity index (χ3n) is 4.79. The van der Waals surface area contributed by atoms with Crippen LogP contribution in [0.2, 0.25) is 0 Å². The van der Waals surface area contributed by atoms with Crippen LogP contribution in [0.15, 0.2) is 12.4 Å². The van der Waals surface area contributed by atoms with E-state index < -0.39 is 17.5 Å². The molecule has 2 heterocycles. The quantitative estimate of drug-likeness (QED) is 0.808. The summed E-state index contributed by atoms with van der Waals surface area (Å²) in [6, 6.07) is -0.481. The van der Waals surface area contributed by atoms with Crippen molar-refractivity contribution in [1.82, 2.24) is 20.0 Å². The van der Waals surface area contributed by atoms with Crippen LogP contribution >= 0.6 is 0 Å². The number of carbonyl (C=O) groups is 3. The first-order chi connectivity index (χ1) is 10.9. The van der Waals surface area contributed by atoms with Crippen molar-refractivity contribution >= 4 is 23.5 Å². The molecule has 2 atom stereocenters. The average Bonchev–Trinajstić information content (AvgIpc) is 3.00. The number of rotatable bonds is 3. The maximum atomic E-state index is 12.7. The lowest BCUT2D eigenvalue weighted by Gasteiger charge is -2.36. The lowest BCUT2D eigenvalue weighted by atomic mass is 9.73. The summed E-state index contributed by atoms with van der Waals surface area (Å²) in [6.07, 6.45) is 6.67. The molecule has 1 saturated carbocycles. The normalized spacial score (nSPS) is 27.4. The number of hydrogen-bond donors (Lipinski definition) is 2. The van der Waals surface area contributed by atoms with Gasteiger partial charge in [0.1, 0.15) is 12.1 Å². The fourth-order valence-electron chi connectivity index (χ4n) is 3.47. The second kappa shape index (κ2) is 5.68. The van der Waals surface area contributed by atoms with Crippen molar-refractivity contribution in [3.05, 3.63) is 12.4 Å². The van der Waals surface area contributed by atoms with Gasteiger partial charge >= 0.3 is 6.03 Å². The Morgan fingerprint density at radius 1 is 1.48 bits per heavy atom. The molecule has 3 rings (SSSR count). The molecule has 1 aromatic heterocycles. The number of aryl methyl sites for hydroxylation is 1. The van der Waals surface area contributed by atoms with E-state index in [1.54, 1.807) is 17.9 Å². The lowest BCUT2D eigenvalue weighted by Crippen LogP contribution is -2.54. The Morgan fingerprint density at radius 3 is 2.91 bits per heavy atom. The van der Waals surface area contributed by atoms with E-state index in [0.717, 1.165) is 24.2 Å². The molecule has 1 spiro atoms. The Bertz CT molecular complexity index is 655. The Morgan fingerprint density at radius 2 is 2.26 bits per heavy atom. The number of amides is 4. The molecule has 8 heteroatoms. The molecule has 1 saturated heterocycles. The SMILES string of the molecule is CC1CCCCC12NC(=O)N(CC(=O)Nc1cnn(C)c1)C2=O. The fourth-order valence-corrected chi connectivity index (χ4v) is 3.47. The number of hydrogen-bond acceptors (Lipinski definition) is 4. The van der Waals surface area contributed by atoms with Gasteiger partial charge in [-0.1, -0.05) is 19.8 Å². The van der Waals surface area contributed by atoms with Crippen molar-refractivity contribution < 1.29 is 14.4 Å². The van der Waals surface area contributed by atoms with E-state index in [9.17, 15) is 14.4 Å². The van der Waals surface area contributed by atoms with Crippen molar-refractivity contribution in [3.63, 3.8) is 0 Å². The molecule has 8 nitrogen and oxygen atoms in total. The second-order valence-corrected chi connectivity index (χ2v) is 6.39. The molecule has 2 aliphatic rings. The molecule has 23 heavy (non-hydrogen) atoms. The van der Waals surface area contributed by atoms with Gasteiger partial charge in [0.2, 0.25) is 5.91 Å². The molecule has 2 unspecified atom stereocenters. The molecule has 0 aromatic carbocycles. The van der Waals surface area contributed by atoms with Crippen molar-refractivity contribution in [1.29, 1.82) is 0 Å². The maximum absolute atomic E-state index is 12.7. The van der Waals surface area contributed by atoms with Crippen LogP contribution in [0, 0.1) is 5.92 Å². The van der Waals surface area contributed by atoms with Gasteiger partial charge in [0.05, 0.1) is 11.9 Å². The first-order valence-corrected chi connectivity index (χ1v) is 7.85. The molecule has 1 aliphatic carbocycles. The molecule has 1 aromatic rings. The summed E-state index contributed by atoms with van der Waals surface area (Å²) in [5, 5.41) is 9.42. The number of anilines is 1. The summed E-state index contributed by atoms with van der Waals surface area (Å²) in [4.78, 5) is 38.1. The van der Waals surface area contributed by atoms with E-state index in [4.69, 9.17) is 0 Å². The standard InChI is InChI=1S/C15H21N5O3/c1-10-5-3-4-6-15(10)13(22)20(14(23)18-15)9-12(21)17-11-7-16-19(2)8-11/h7-8,10H,3-6,9H2,1-2H3,(H,17,21)(H,18,23). The van der Waals surface area contributed by atoms with E-state index in [0.29, 0.717) is 12.1 Å². The van der Waals surface area contributed by atoms with Crippen molar-refractivity contribution in [2.75, 3.05) is 11.9 Å². The van der Waals surface area contributed by atoms with Crippen molar-refractivity contribution in [3.8, 4) is 0 Å². The summed E-state index contributed by atoms with van der Waals surface area (Å²) in [7, 11) is 1.74. The topological polar surface area (TPSA) is 96.3 Å². The summed E-state index contributed by atoms with van der Waals surface area (Å²) in [6.45, 7) is 1.70. The zero-order chi connectivity index (χ0) is 16.6. The van der Waals surface area contributed by atoms with Gasteiger partial charge in [0.25, 0.3) is 5.91 Å². The van der Waals surface area contributed by atoms with Crippen LogP contribution < -0.4 is 10.6 Å². The highest BCUT2D eigenvalue weighted by Crippen LogP contribution is 2.38. The van der Waals surface area contributed by atoms with Gasteiger partial charge in [0, 0.05) is 13.2 Å². The van der Waals surface area contributed by atoms with Gasteiger partial charge in [-0.2, -0.15) is 5.10 Å². The third kappa shape index (κ3) is 2.69. The van der Waals surface area contributed by atoms with Crippen LogP contribution in [-0.4, -0.2) is 44.6 Å². The summed E-state index contributed by atoms with van der Waals surface area (Å²) >= 11 is 0. The van der Waals surface area contributed by atoms with E-state index in [2.05, 4.69) is 15.7 Å². The Hall–Kier alpha value is -2.38. The van der Waals surface area contributed by atoms with E-state index in [1.807, 2.05) is 6.92 Å². The van der Waals surface area contributed by atoms with Gasteiger partial charge in [-0.25, -0.2) is 4.79 Å². The lowest BCUT2D eigenvalue weighted by molar-refractivity contribution is -0.136. The van der Waals surface area contributed by atoms with Gasteiger partial charge < -0.3 is 10.6 Å². The van der Waals surface area contributed by atoms with Gasteiger partial charge in [-0.3, -0.25) is 19.2 Å². The summed E-state index contributed by atoms with van der Waals surface area (Å²) in [5.74, 6) is -0.614. The molecule has 2 fully saturated rings. The minimum Gasteiger partial charge on any atom is -0.323 e. The number of nitrogens with zero attached hydrogens (tertiary/aromatic N) is 3. The third-order valence-corrected chi connectivity index (χ3v) is 4.79. The molecule has 0 radical (unpaired) electrons. The van der Waals surface area contributed by atoms with Crippen LogP contribution in [0.25, 0.3) is 0 Å². The highest BCUT2D eigenvalue weighted by atomic mass is 16.2. The molecular weight excluding hydrogens is 298 g/mol. The smallest absolute Gasteiger partial charge is 0.323 e. The van der Waals surface area contributed by atoms with Crippen LogP contribution in [0.3, 0.4) is 0 Å². The zero-order valence-electron chi connectivity index (χ0n) is 13.3.